The molecule has 1 aliphatic rings. The van der Waals surface area contributed by atoms with Crippen LogP contribution in [0.2, 0.25) is 0 Å². The Hall–Kier alpha value is -1.29. The zero-order chi connectivity index (χ0) is 15.9. The molecule has 0 spiro atoms. The van der Waals surface area contributed by atoms with Crippen LogP contribution >= 0.6 is 11.8 Å². The molecule has 1 heterocycles. The van der Waals surface area contributed by atoms with Gasteiger partial charge in [-0.3, -0.25) is 4.90 Å². The Morgan fingerprint density at radius 1 is 0.957 bits per heavy atom. The van der Waals surface area contributed by atoms with Crippen molar-refractivity contribution in [3.63, 3.8) is 0 Å². The topological polar surface area (TPSA) is 12.5 Å². The molecule has 0 N–H and O–H groups in total. The van der Waals surface area contributed by atoms with E-state index in [1.165, 1.54) is 16.7 Å². The molecule has 1 fully saturated rings. The van der Waals surface area contributed by atoms with E-state index in [1.807, 2.05) is 11.8 Å². The molecule has 3 heteroatoms. The maximum absolute atomic E-state index is 5.43. The molecule has 2 aromatic rings. The van der Waals surface area contributed by atoms with E-state index in [0.717, 1.165) is 38.6 Å². The molecule has 2 aromatic carbocycles. The quantitative estimate of drug-likeness (QED) is 0.791. The average Bonchev–Trinajstić information content (AvgIpc) is 2.61. The highest BCUT2D eigenvalue weighted by Gasteiger charge is 2.16. The van der Waals surface area contributed by atoms with Crippen molar-refractivity contribution in [3.05, 3.63) is 71.3 Å². The van der Waals surface area contributed by atoms with Crippen molar-refractivity contribution in [2.75, 3.05) is 38.6 Å². The number of hydrogen-bond acceptors (Lipinski definition) is 3. The van der Waals surface area contributed by atoms with E-state index in [0.29, 0.717) is 5.25 Å². The molecule has 0 unspecified atom stereocenters. The van der Waals surface area contributed by atoms with Gasteiger partial charge in [0.1, 0.15) is 0 Å². The largest absolute Gasteiger partial charge is 0.379 e. The van der Waals surface area contributed by atoms with Gasteiger partial charge in [0.05, 0.1) is 18.5 Å². The Morgan fingerprint density at radius 2 is 1.61 bits per heavy atom. The monoisotopic (exact) mass is 327 g/mol. The summed E-state index contributed by atoms with van der Waals surface area (Å²) in [5, 5.41) is 0.415. The second kappa shape index (κ2) is 8.53. The van der Waals surface area contributed by atoms with Gasteiger partial charge < -0.3 is 4.74 Å². The number of rotatable bonds is 6. The Labute approximate surface area is 143 Å². The molecule has 0 saturated carbocycles. The molecule has 0 radical (unpaired) electrons. The highest BCUT2D eigenvalue weighted by atomic mass is 32.2. The fourth-order valence-corrected chi connectivity index (χ4v) is 4.18. The molecule has 0 aliphatic carbocycles. The summed E-state index contributed by atoms with van der Waals surface area (Å²) in [7, 11) is 0. The minimum Gasteiger partial charge on any atom is -0.379 e. The predicted molar refractivity (Wildman–Crippen MR) is 99.2 cm³/mol. The SMILES string of the molecule is Cc1ccc([C@H](SCCN2CCOCC2)c2ccccc2)cc1. The van der Waals surface area contributed by atoms with Crippen molar-refractivity contribution < 1.29 is 4.74 Å². The van der Waals surface area contributed by atoms with E-state index in [2.05, 4.69) is 66.4 Å². The Bertz CT molecular complexity index is 578. The van der Waals surface area contributed by atoms with E-state index in [4.69, 9.17) is 4.74 Å². The van der Waals surface area contributed by atoms with Gasteiger partial charge in [-0.05, 0) is 18.1 Å². The zero-order valence-electron chi connectivity index (χ0n) is 13.8. The van der Waals surface area contributed by atoms with Crippen LogP contribution in [-0.4, -0.2) is 43.5 Å². The fraction of sp³-hybridized carbons (Fsp3) is 0.400. The van der Waals surface area contributed by atoms with Gasteiger partial charge in [0.15, 0.2) is 0 Å². The van der Waals surface area contributed by atoms with Gasteiger partial charge in [0.2, 0.25) is 0 Å². The summed E-state index contributed by atoms with van der Waals surface area (Å²) < 4.78 is 5.43. The molecular formula is C20H25NOS. The summed E-state index contributed by atoms with van der Waals surface area (Å²) in [5.41, 5.74) is 4.11. The number of benzene rings is 2. The number of morpholine rings is 1. The average molecular weight is 327 g/mol. The minimum atomic E-state index is 0.415. The third-order valence-corrected chi connectivity index (χ3v) is 5.57. The van der Waals surface area contributed by atoms with Crippen molar-refractivity contribution >= 4 is 11.8 Å². The molecule has 1 aliphatic heterocycles. The van der Waals surface area contributed by atoms with Crippen LogP contribution in [-0.2, 0) is 4.74 Å². The first-order chi connectivity index (χ1) is 11.3. The summed E-state index contributed by atoms with van der Waals surface area (Å²) in [6.07, 6.45) is 0. The lowest BCUT2D eigenvalue weighted by atomic mass is 10.0. The number of aryl methyl sites for hydroxylation is 1. The van der Waals surface area contributed by atoms with Crippen molar-refractivity contribution in [1.29, 1.82) is 0 Å². The summed E-state index contributed by atoms with van der Waals surface area (Å²) in [6, 6.07) is 19.8. The van der Waals surface area contributed by atoms with E-state index < -0.39 is 0 Å². The van der Waals surface area contributed by atoms with Gasteiger partial charge in [-0.15, -0.1) is 11.8 Å². The maximum atomic E-state index is 5.43. The zero-order valence-corrected chi connectivity index (χ0v) is 14.6. The second-order valence-corrected chi connectivity index (χ2v) is 7.24. The fourth-order valence-electron chi connectivity index (χ4n) is 2.88. The van der Waals surface area contributed by atoms with E-state index in [-0.39, 0.29) is 0 Å². The lowest BCUT2D eigenvalue weighted by molar-refractivity contribution is 0.0410. The molecular weight excluding hydrogens is 302 g/mol. The van der Waals surface area contributed by atoms with E-state index >= 15 is 0 Å². The van der Waals surface area contributed by atoms with Gasteiger partial charge in [0, 0.05) is 25.4 Å². The summed E-state index contributed by atoms with van der Waals surface area (Å²) in [5.74, 6) is 1.15. The molecule has 0 aromatic heterocycles. The number of nitrogens with zero attached hydrogens (tertiary/aromatic N) is 1. The lowest BCUT2D eigenvalue weighted by Gasteiger charge is -2.27. The van der Waals surface area contributed by atoms with Crippen LogP contribution in [0.4, 0.5) is 0 Å². The highest BCUT2D eigenvalue weighted by molar-refractivity contribution is 7.99. The van der Waals surface area contributed by atoms with Crippen molar-refractivity contribution in [1.82, 2.24) is 4.90 Å². The molecule has 3 rings (SSSR count). The molecule has 0 bridgehead atoms. The third-order valence-electron chi connectivity index (χ3n) is 4.28. The first-order valence-electron chi connectivity index (χ1n) is 8.36. The van der Waals surface area contributed by atoms with Crippen LogP contribution in [0.5, 0.6) is 0 Å². The lowest BCUT2D eigenvalue weighted by Crippen LogP contribution is -2.37. The Kier molecular flexibility index (Phi) is 6.14. The van der Waals surface area contributed by atoms with Crippen LogP contribution in [0.3, 0.4) is 0 Å². The molecule has 23 heavy (non-hydrogen) atoms. The first kappa shape index (κ1) is 16.6. The third kappa shape index (κ3) is 4.84. The van der Waals surface area contributed by atoms with Crippen molar-refractivity contribution in [2.45, 2.75) is 12.2 Å². The first-order valence-corrected chi connectivity index (χ1v) is 9.41. The summed E-state index contributed by atoms with van der Waals surface area (Å²) in [6.45, 7) is 7.19. The number of ether oxygens (including phenoxy) is 1. The van der Waals surface area contributed by atoms with Crippen molar-refractivity contribution in [2.24, 2.45) is 0 Å². The van der Waals surface area contributed by atoms with Crippen LogP contribution in [0.1, 0.15) is 21.9 Å². The van der Waals surface area contributed by atoms with E-state index in [1.54, 1.807) is 0 Å². The molecule has 2 nitrogen and oxygen atoms in total. The Morgan fingerprint density at radius 3 is 2.30 bits per heavy atom. The van der Waals surface area contributed by atoms with Crippen LogP contribution < -0.4 is 0 Å². The van der Waals surface area contributed by atoms with Crippen molar-refractivity contribution in [3.8, 4) is 0 Å². The highest BCUT2D eigenvalue weighted by Crippen LogP contribution is 2.35. The van der Waals surface area contributed by atoms with Crippen LogP contribution in [0, 0.1) is 6.92 Å². The van der Waals surface area contributed by atoms with Gasteiger partial charge >= 0.3 is 0 Å². The van der Waals surface area contributed by atoms with E-state index in [9.17, 15) is 0 Å². The second-order valence-electron chi connectivity index (χ2n) is 6.03. The predicted octanol–water partition coefficient (Wildman–Crippen LogP) is 4.15. The summed E-state index contributed by atoms with van der Waals surface area (Å²) >= 11 is 2.04. The van der Waals surface area contributed by atoms with Crippen LogP contribution in [0.15, 0.2) is 54.6 Å². The summed E-state index contributed by atoms with van der Waals surface area (Å²) in [4.78, 5) is 2.51. The van der Waals surface area contributed by atoms with Gasteiger partial charge in [0.25, 0.3) is 0 Å². The molecule has 122 valence electrons. The number of hydrogen-bond donors (Lipinski definition) is 0. The minimum absolute atomic E-state index is 0.415. The van der Waals surface area contributed by atoms with Gasteiger partial charge in [-0.1, -0.05) is 60.2 Å². The molecule has 1 atom stereocenters. The smallest absolute Gasteiger partial charge is 0.0594 e. The Balaban J connectivity index is 1.66. The van der Waals surface area contributed by atoms with Crippen LogP contribution in [0.25, 0.3) is 0 Å². The normalized spacial score (nSPS) is 17.1. The standard InChI is InChI=1S/C20H25NOS/c1-17-7-9-19(10-8-17)20(18-5-3-2-4-6-18)23-16-13-21-11-14-22-15-12-21/h2-10,20H,11-16H2,1H3/t20-/m1/s1. The van der Waals surface area contributed by atoms with Gasteiger partial charge in [-0.2, -0.15) is 0 Å². The number of thioether (sulfide) groups is 1. The molecule has 0 amide bonds. The maximum Gasteiger partial charge on any atom is 0.0594 e. The van der Waals surface area contributed by atoms with Gasteiger partial charge in [-0.25, -0.2) is 0 Å². The molecule has 1 saturated heterocycles.